The lowest BCUT2D eigenvalue weighted by atomic mass is 10.1. The highest BCUT2D eigenvalue weighted by molar-refractivity contribution is 6.01. The highest BCUT2D eigenvalue weighted by Crippen LogP contribution is 2.26. The fraction of sp³-hybridized carbons (Fsp3) is 0.231. The van der Waals surface area contributed by atoms with Crippen LogP contribution < -0.4 is 5.32 Å². The van der Waals surface area contributed by atoms with E-state index in [0.717, 1.165) is 12.1 Å². The molecule has 1 aromatic heterocycles. The van der Waals surface area contributed by atoms with Gasteiger partial charge in [-0.15, -0.1) is 0 Å². The molecule has 1 unspecified atom stereocenters. The summed E-state index contributed by atoms with van der Waals surface area (Å²) in [6.07, 6.45) is 2.40. The van der Waals surface area contributed by atoms with Crippen molar-refractivity contribution in [1.82, 2.24) is 9.78 Å². The molecular weight excluding hydrogens is 214 g/mol. The van der Waals surface area contributed by atoms with Gasteiger partial charge in [0.15, 0.2) is 0 Å². The lowest BCUT2D eigenvalue weighted by molar-refractivity contribution is 0.0962. The van der Waals surface area contributed by atoms with Gasteiger partial charge in [-0.2, -0.15) is 5.10 Å². The van der Waals surface area contributed by atoms with Gasteiger partial charge in [-0.25, -0.2) is 0 Å². The highest BCUT2D eigenvalue weighted by Gasteiger charge is 2.28. The minimum Gasteiger partial charge on any atom is -0.374 e. The minimum atomic E-state index is -0.164. The van der Waals surface area contributed by atoms with Gasteiger partial charge in [0.2, 0.25) is 5.78 Å². The third-order valence-electron chi connectivity index (χ3n) is 3.16. The molecule has 0 fully saturated rings. The van der Waals surface area contributed by atoms with Crippen molar-refractivity contribution in [3.8, 4) is 0 Å². The van der Waals surface area contributed by atoms with E-state index in [1.807, 2.05) is 18.2 Å². The van der Waals surface area contributed by atoms with Crippen LogP contribution in [0.1, 0.15) is 16.1 Å². The van der Waals surface area contributed by atoms with E-state index in [0.29, 0.717) is 5.69 Å². The predicted molar refractivity (Wildman–Crippen MR) is 65.1 cm³/mol. The number of ketones is 1. The van der Waals surface area contributed by atoms with Crippen molar-refractivity contribution in [1.29, 1.82) is 0 Å². The van der Waals surface area contributed by atoms with Crippen molar-refractivity contribution in [3.63, 3.8) is 0 Å². The van der Waals surface area contributed by atoms with Gasteiger partial charge in [-0.3, -0.25) is 9.48 Å². The van der Waals surface area contributed by atoms with Gasteiger partial charge in [-0.05, 0) is 17.7 Å². The zero-order chi connectivity index (χ0) is 11.8. The summed E-state index contributed by atoms with van der Waals surface area (Å²) in [5.41, 5.74) is 2.91. The first-order chi connectivity index (χ1) is 8.25. The molecule has 1 N–H and O–H groups in total. The smallest absolute Gasteiger partial charge is 0.203 e. The van der Waals surface area contributed by atoms with Gasteiger partial charge < -0.3 is 5.32 Å². The molecule has 0 saturated heterocycles. The monoisotopic (exact) mass is 227 g/mol. The van der Waals surface area contributed by atoms with E-state index in [4.69, 9.17) is 0 Å². The van der Waals surface area contributed by atoms with Gasteiger partial charge >= 0.3 is 0 Å². The Kier molecular flexibility index (Phi) is 2.21. The molecule has 3 rings (SSSR count). The number of hydrogen-bond acceptors (Lipinski definition) is 3. The molecule has 0 spiro atoms. The topological polar surface area (TPSA) is 46.9 Å². The van der Waals surface area contributed by atoms with E-state index in [1.165, 1.54) is 5.56 Å². The lowest BCUT2D eigenvalue weighted by Crippen LogP contribution is -2.28. The normalized spacial score (nSPS) is 17.6. The van der Waals surface area contributed by atoms with Crippen LogP contribution in [0.5, 0.6) is 0 Å². The number of aromatic nitrogens is 2. The van der Waals surface area contributed by atoms with Crippen LogP contribution in [0.15, 0.2) is 36.5 Å². The average Bonchev–Trinajstić information content (AvgIpc) is 2.93. The Morgan fingerprint density at radius 1 is 1.41 bits per heavy atom. The minimum absolute atomic E-state index is 0.0983. The Bertz CT molecular complexity index is 549. The van der Waals surface area contributed by atoms with Crippen molar-refractivity contribution in [3.05, 3.63) is 47.8 Å². The van der Waals surface area contributed by atoms with E-state index in [9.17, 15) is 4.79 Å². The number of hydrogen-bond donors (Lipinski definition) is 1. The maximum atomic E-state index is 12.3. The Balaban J connectivity index is 1.86. The standard InChI is InChI=1S/C13H13N3O/c1-16-12(6-7-14-16)13(17)11-8-9-4-2-3-5-10(9)15-11/h2-7,11,15H,8H2,1H3. The number of para-hydroxylation sites is 1. The van der Waals surface area contributed by atoms with Crippen molar-refractivity contribution < 1.29 is 4.79 Å². The molecule has 0 bridgehead atoms. The third kappa shape index (κ3) is 1.62. The third-order valence-corrected chi connectivity index (χ3v) is 3.16. The summed E-state index contributed by atoms with van der Waals surface area (Å²) in [5.74, 6) is 0.0983. The number of fused-ring (bicyclic) bond motifs is 1. The molecule has 17 heavy (non-hydrogen) atoms. The fourth-order valence-corrected chi connectivity index (χ4v) is 2.25. The molecule has 2 aromatic rings. The van der Waals surface area contributed by atoms with Crippen LogP contribution in [0.4, 0.5) is 5.69 Å². The van der Waals surface area contributed by atoms with Crippen molar-refractivity contribution in [2.45, 2.75) is 12.5 Å². The van der Waals surface area contributed by atoms with Crippen LogP contribution in [-0.4, -0.2) is 21.6 Å². The Morgan fingerprint density at radius 3 is 2.94 bits per heavy atom. The molecule has 0 amide bonds. The Morgan fingerprint density at radius 2 is 2.24 bits per heavy atom. The van der Waals surface area contributed by atoms with Crippen LogP contribution in [0.2, 0.25) is 0 Å². The van der Waals surface area contributed by atoms with Crippen LogP contribution in [0.25, 0.3) is 0 Å². The maximum Gasteiger partial charge on any atom is 0.203 e. The second-order valence-electron chi connectivity index (χ2n) is 4.26. The van der Waals surface area contributed by atoms with Crippen LogP contribution >= 0.6 is 0 Å². The molecule has 86 valence electrons. The van der Waals surface area contributed by atoms with Gasteiger partial charge in [0, 0.05) is 25.4 Å². The van der Waals surface area contributed by atoms with Gasteiger partial charge in [0.25, 0.3) is 0 Å². The number of Topliss-reactive ketones (excluding diaryl/α,β-unsaturated/α-hetero) is 1. The first-order valence-corrected chi connectivity index (χ1v) is 5.62. The molecule has 2 heterocycles. The second kappa shape index (κ2) is 3.73. The highest BCUT2D eigenvalue weighted by atomic mass is 16.1. The van der Waals surface area contributed by atoms with Gasteiger partial charge in [-0.1, -0.05) is 18.2 Å². The predicted octanol–water partition coefficient (Wildman–Crippen LogP) is 1.64. The zero-order valence-corrected chi connectivity index (χ0v) is 9.55. The number of nitrogens with one attached hydrogen (secondary N) is 1. The summed E-state index contributed by atoms with van der Waals surface area (Å²) in [5, 5.41) is 7.29. The lowest BCUT2D eigenvalue weighted by Gasteiger charge is -2.09. The molecule has 4 nitrogen and oxygen atoms in total. The zero-order valence-electron chi connectivity index (χ0n) is 9.55. The molecule has 1 aromatic carbocycles. The van der Waals surface area contributed by atoms with E-state index in [1.54, 1.807) is 24.0 Å². The Hall–Kier alpha value is -2.10. The Labute approximate surface area is 99.3 Å². The average molecular weight is 227 g/mol. The molecule has 1 atom stereocenters. The number of carbonyl (C=O) groups is 1. The number of rotatable bonds is 2. The number of benzene rings is 1. The van der Waals surface area contributed by atoms with Crippen molar-refractivity contribution in [2.24, 2.45) is 7.05 Å². The molecule has 0 radical (unpaired) electrons. The number of aryl methyl sites for hydroxylation is 1. The van der Waals surface area contributed by atoms with Gasteiger partial charge in [0.1, 0.15) is 5.69 Å². The summed E-state index contributed by atoms with van der Waals surface area (Å²) < 4.78 is 1.62. The summed E-state index contributed by atoms with van der Waals surface area (Å²) in [4.78, 5) is 12.3. The quantitative estimate of drug-likeness (QED) is 0.793. The molecule has 0 saturated carbocycles. The van der Waals surface area contributed by atoms with Crippen LogP contribution in [0, 0.1) is 0 Å². The van der Waals surface area contributed by atoms with Crippen molar-refractivity contribution in [2.75, 3.05) is 5.32 Å². The van der Waals surface area contributed by atoms with E-state index in [2.05, 4.69) is 16.5 Å². The van der Waals surface area contributed by atoms with Crippen molar-refractivity contribution >= 4 is 11.5 Å². The number of anilines is 1. The largest absolute Gasteiger partial charge is 0.374 e. The number of nitrogens with zero attached hydrogens (tertiary/aromatic N) is 2. The molecule has 0 aliphatic carbocycles. The first-order valence-electron chi connectivity index (χ1n) is 5.62. The van der Waals surface area contributed by atoms with E-state index < -0.39 is 0 Å². The molecule has 4 heteroatoms. The second-order valence-corrected chi connectivity index (χ2v) is 4.26. The van der Waals surface area contributed by atoms with Gasteiger partial charge in [0.05, 0.1) is 6.04 Å². The summed E-state index contributed by atoms with van der Waals surface area (Å²) in [6, 6.07) is 9.63. The molecule has 1 aliphatic rings. The van der Waals surface area contributed by atoms with Crippen LogP contribution in [-0.2, 0) is 13.5 Å². The fourth-order valence-electron chi connectivity index (χ4n) is 2.25. The SMILES string of the molecule is Cn1nccc1C(=O)C1Cc2ccccc2N1. The molecular formula is C13H13N3O. The summed E-state index contributed by atoms with van der Waals surface area (Å²) >= 11 is 0. The first kappa shape index (κ1) is 10.1. The number of carbonyl (C=O) groups excluding carboxylic acids is 1. The maximum absolute atomic E-state index is 12.3. The van der Waals surface area contributed by atoms with Crippen LogP contribution in [0.3, 0.4) is 0 Å². The van der Waals surface area contributed by atoms with E-state index >= 15 is 0 Å². The van der Waals surface area contributed by atoms with E-state index in [-0.39, 0.29) is 11.8 Å². The molecule has 1 aliphatic heterocycles. The summed E-state index contributed by atoms with van der Waals surface area (Å²) in [7, 11) is 1.79. The summed E-state index contributed by atoms with van der Waals surface area (Å²) in [6.45, 7) is 0.